The van der Waals surface area contributed by atoms with Crippen molar-refractivity contribution in [2.75, 3.05) is 18.6 Å². The zero-order chi connectivity index (χ0) is 14.7. The monoisotopic (exact) mass is 347 g/mol. The second-order valence-electron chi connectivity index (χ2n) is 5.74. The van der Waals surface area contributed by atoms with E-state index < -0.39 is 9.84 Å². The summed E-state index contributed by atoms with van der Waals surface area (Å²) in [6.07, 6.45) is 1.27. The molecule has 0 aliphatic heterocycles. The SMILES string of the molecule is C[C@H](CS(C)(=O)=O)NCC(C)(C)c1ccccc1Br. The zero-order valence-corrected chi connectivity index (χ0v) is 14.3. The van der Waals surface area contributed by atoms with Crippen molar-refractivity contribution >= 4 is 25.8 Å². The molecule has 0 bridgehead atoms. The lowest BCUT2D eigenvalue weighted by molar-refractivity contribution is 0.439. The first-order valence-corrected chi connectivity index (χ1v) is 9.13. The summed E-state index contributed by atoms with van der Waals surface area (Å²) >= 11 is 3.56. The molecule has 0 aliphatic rings. The minimum Gasteiger partial charge on any atom is -0.312 e. The summed E-state index contributed by atoms with van der Waals surface area (Å²) in [5, 5.41) is 3.31. The minimum atomic E-state index is -2.94. The molecule has 19 heavy (non-hydrogen) atoms. The molecule has 0 radical (unpaired) electrons. The van der Waals surface area contributed by atoms with Crippen molar-refractivity contribution in [1.29, 1.82) is 0 Å². The van der Waals surface area contributed by atoms with Crippen molar-refractivity contribution in [3.8, 4) is 0 Å². The topological polar surface area (TPSA) is 46.2 Å². The Morgan fingerprint density at radius 2 is 1.89 bits per heavy atom. The van der Waals surface area contributed by atoms with Crippen molar-refractivity contribution in [1.82, 2.24) is 5.32 Å². The summed E-state index contributed by atoms with van der Waals surface area (Å²) in [6, 6.07) is 8.08. The lowest BCUT2D eigenvalue weighted by atomic mass is 9.84. The molecular weight excluding hydrogens is 326 g/mol. The number of sulfone groups is 1. The van der Waals surface area contributed by atoms with E-state index >= 15 is 0 Å². The minimum absolute atomic E-state index is 0.0447. The Balaban J connectivity index is 2.68. The fourth-order valence-corrected chi connectivity index (χ4v) is 3.90. The van der Waals surface area contributed by atoms with Crippen molar-refractivity contribution in [3.63, 3.8) is 0 Å². The molecule has 0 aromatic heterocycles. The van der Waals surface area contributed by atoms with E-state index in [2.05, 4.69) is 41.2 Å². The Bertz CT molecular complexity index is 526. The van der Waals surface area contributed by atoms with E-state index in [4.69, 9.17) is 0 Å². The predicted molar refractivity (Wildman–Crippen MR) is 84.3 cm³/mol. The third-order valence-corrected chi connectivity index (χ3v) is 4.85. The van der Waals surface area contributed by atoms with Gasteiger partial charge in [0.2, 0.25) is 0 Å². The van der Waals surface area contributed by atoms with E-state index in [9.17, 15) is 8.42 Å². The van der Waals surface area contributed by atoms with Gasteiger partial charge in [0.1, 0.15) is 9.84 Å². The molecule has 0 aliphatic carbocycles. The normalized spacial score (nSPS) is 14.4. The first-order chi connectivity index (χ1) is 8.62. The molecule has 0 amide bonds. The highest BCUT2D eigenvalue weighted by molar-refractivity contribution is 9.10. The highest BCUT2D eigenvalue weighted by Gasteiger charge is 2.23. The molecule has 0 unspecified atom stereocenters. The summed E-state index contributed by atoms with van der Waals surface area (Å²) in [5.41, 5.74) is 1.15. The van der Waals surface area contributed by atoms with Gasteiger partial charge >= 0.3 is 0 Å². The lowest BCUT2D eigenvalue weighted by Gasteiger charge is -2.28. The van der Waals surface area contributed by atoms with E-state index in [0.29, 0.717) is 0 Å². The van der Waals surface area contributed by atoms with Gasteiger partial charge in [-0.3, -0.25) is 0 Å². The Kier molecular flexibility index (Phi) is 5.59. The zero-order valence-electron chi connectivity index (χ0n) is 11.9. The van der Waals surface area contributed by atoms with Crippen LogP contribution in [0.25, 0.3) is 0 Å². The van der Waals surface area contributed by atoms with Gasteiger partial charge in [-0.15, -0.1) is 0 Å². The Morgan fingerprint density at radius 1 is 1.32 bits per heavy atom. The van der Waals surface area contributed by atoms with Crippen molar-refractivity contribution < 1.29 is 8.42 Å². The molecule has 0 spiro atoms. The largest absolute Gasteiger partial charge is 0.312 e. The Morgan fingerprint density at radius 3 is 2.42 bits per heavy atom. The maximum absolute atomic E-state index is 11.2. The van der Waals surface area contributed by atoms with Gasteiger partial charge in [0.05, 0.1) is 5.75 Å². The number of hydrogen-bond acceptors (Lipinski definition) is 3. The van der Waals surface area contributed by atoms with Crippen LogP contribution >= 0.6 is 15.9 Å². The molecule has 108 valence electrons. The van der Waals surface area contributed by atoms with Crippen molar-refractivity contribution in [3.05, 3.63) is 34.3 Å². The van der Waals surface area contributed by atoms with Crippen LogP contribution in [-0.4, -0.2) is 33.0 Å². The van der Waals surface area contributed by atoms with Gasteiger partial charge in [-0.25, -0.2) is 8.42 Å². The summed E-state index contributed by atoms with van der Waals surface area (Å²) in [7, 11) is -2.94. The second-order valence-corrected chi connectivity index (χ2v) is 8.78. The predicted octanol–water partition coefficient (Wildman–Crippen LogP) is 2.75. The Labute approximate surface area is 124 Å². The van der Waals surface area contributed by atoms with Crippen molar-refractivity contribution in [2.45, 2.75) is 32.2 Å². The van der Waals surface area contributed by atoms with E-state index in [1.54, 1.807) is 0 Å². The van der Waals surface area contributed by atoms with Gasteiger partial charge in [0.25, 0.3) is 0 Å². The van der Waals surface area contributed by atoms with Crippen LogP contribution < -0.4 is 5.32 Å². The number of halogens is 1. The smallest absolute Gasteiger partial charge is 0.148 e. The van der Waals surface area contributed by atoms with Gasteiger partial charge in [-0.05, 0) is 18.6 Å². The average molecular weight is 348 g/mol. The number of benzene rings is 1. The number of hydrogen-bond donors (Lipinski definition) is 1. The standard InChI is InChI=1S/C14H22BrNO2S/c1-11(9-19(4,17)18)16-10-14(2,3)12-7-5-6-8-13(12)15/h5-8,11,16H,9-10H2,1-4H3/t11-/m1/s1. The van der Waals surface area contributed by atoms with Crippen LogP contribution in [-0.2, 0) is 15.3 Å². The van der Waals surface area contributed by atoms with Crippen molar-refractivity contribution in [2.24, 2.45) is 0 Å². The lowest BCUT2D eigenvalue weighted by Crippen LogP contribution is -2.41. The molecular formula is C14H22BrNO2S. The van der Waals surface area contributed by atoms with Gasteiger partial charge in [0.15, 0.2) is 0 Å². The summed E-state index contributed by atoms with van der Waals surface area (Å²) in [4.78, 5) is 0. The van der Waals surface area contributed by atoms with Crippen LogP contribution in [0.5, 0.6) is 0 Å². The van der Waals surface area contributed by atoms with Crippen LogP contribution in [0, 0.1) is 0 Å². The van der Waals surface area contributed by atoms with Crippen LogP contribution in [0.1, 0.15) is 26.3 Å². The second kappa shape index (κ2) is 6.37. The third kappa shape index (κ3) is 5.63. The van der Waals surface area contributed by atoms with Crippen LogP contribution in [0.15, 0.2) is 28.7 Å². The maximum atomic E-state index is 11.2. The summed E-state index contributed by atoms with van der Waals surface area (Å²) in [5.74, 6) is 0.166. The molecule has 0 fully saturated rings. The van der Waals surface area contributed by atoms with E-state index in [1.165, 1.54) is 11.8 Å². The maximum Gasteiger partial charge on any atom is 0.148 e. The quantitative estimate of drug-likeness (QED) is 0.860. The van der Waals surface area contributed by atoms with Crippen LogP contribution in [0.4, 0.5) is 0 Å². The van der Waals surface area contributed by atoms with E-state index in [-0.39, 0.29) is 17.2 Å². The first-order valence-electron chi connectivity index (χ1n) is 6.28. The summed E-state index contributed by atoms with van der Waals surface area (Å²) in [6.45, 7) is 6.92. The van der Waals surface area contributed by atoms with Gasteiger partial charge in [-0.1, -0.05) is 48.0 Å². The first kappa shape index (κ1) is 16.7. The number of nitrogens with one attached hydrogen (secondary N) is 1. The van der Waals surface area contributed by atoms with E-state index in [0.717, 1.165) is 11.0 Å². The average Bonchev–Trinajstić information content (AvgIpc) is 2.24. The van der Waals surface area contributed by atoms with Gasteiger partial charge in [0, 0.05) is 28.7 Å². The van der Waals surface area contributed by atoms with Crippen LogP contribution in [0.3, 0.4) is 0 Å². The molecule has 0 saturated carbocycles. The highest BCUT2D eigenvalue weighted by atomic mass is 79.9. The summed E-state index contributed by atoms with van der Waals surface area (Å²) < 4.78 is 23.6. The Hall–Kier alpha value is -0.390. The number of rotatable bonds is 6. The van der Waals surface area contributed by atoms with Gasteiger partial charge in [-0.2, -0.15) is 0 Å². The van der Waals surface area contributed by atoms with Crippen LogP contribution in [0.2, 0.25) is 0 Å². The highest BCUT2D eigenvalue weighted by Crippen LogP contribution is 2.29. The fraction of sp³-hybridized carbons (Fsp3) is 0.571. The molecule has 1 aromatic rings. The molecule has 0 saturated heterocycles. The van der Waals surface area contributed by atoms with E-state index in [1.807, 2.05) is 25.1 Å². The van der Waals surface area contributed by atoms with Gasteiger partial charge < -0.3 is 5.32 Å². The molecule has 1 N–H and O–H groups in total. The molecule has 3 nitrogen and oxygen atoms in total. The molecule has 1 atom stereocenters. The molecule has 1 aromatic carbocycles. The fourth-order valence-electron chi connectivity index (χ4n) is 2.05. The molecule has 5 heteroatoms. The molecule has 1 rings (SSSR count). The third-order valence-electron chi connectivity index (χ3n) is 3.05. The molecule has 0 heterocycles.